The highest BCUT2D eigenvalue weighted by Crippen LogP contribution is 2.22. The van der Waals surface area contributed by atoms with Crippen LogP contribution >= 0.6 is 0 Å². The third kappa shape index (κ3) is 2.67. The van der Waals surface area contributed by atoms with Crippen molar-refractivity contribution in [1.82, 2.24) is 15.0 Å². The van der Waals surface area contributed by atoms with Crippen molar-refractivity contribution in [3.05, 3.63) is 18.1 Å². The van der Waals surface area contributed by atoms with Crippen LogP contribution in [0.15, 0.2) is 12.3 Å². The van der Waals surface area contributed by atoms with Gasteiger partial charge in [0.05, 0.1) is 5.39 Å². The van der Waals surface area contributed by atoms with Gasteiger partial charge >= 0.3 is 5.97 Å². The maximum Gasteiger partial charge on any atom is 0.326 e. The fraction of sp³-hybridized carbons (Fsp3) is 0.462. The number of aromatic nitrogens is 3. The average Bonchev–Trinajstić information content (AvgIpc) is 2.82. The minimum Gasteiger partial charge on any atom is -0.480 e. The van der Waals surface area contributed by atoms with Crippen molar-refractivity contribution in [2.24, 2.45) is 5.92 Å². The van der Waals surface area contributed by atoms with Gasteiger partial charge in [0.2, 0.25) is 0 Å². The lowest BCUT2D eigenvalue weighted by atomic mass is 9.99. The quantitative estimate of drug-likeness (QED) is 0.768. The Morgan fingerprint density at radius 3 is 2.89 bits per heavy atom. The molecule has 0 unspecified atom stereocenters. The van der Waals surface area contributed by atoms with E-state index in [1.807, 2.05) is 19.9 Å². The molecule has 2 aromatic rings. The zero-order valence-electron chi connectivity index (χ0n) is 11.3. The number of carboxylic acid groups (broad SMARTS) is 1. The van der Waals surface area contributed by atoms with Crippen LogP contribution in [0.4, 0.5) is 5.82 Å². The summed E-state index contributed by atoms with van der Waals surface area (Å²) in [6.07, 6.45) is 2.55. The Morgan fingerprint density at radius 2 is 2.26 bits per heavy atom. The van der Waals surface area contributed by atoms with Crippen molar-refractivity contribution in [1.29, 1.82) is 0 Å². The number of carbonyl (C=O) groups is 1. The molecule has 19 heavy (non-hydrogen) atoms. The Morgan fingerprint density at radius 1 is 1.53 bits per heavy atom. The molecule has 0 aliphatic rings. The number of nitrogens with zero attached hydrogens (tertiary/aromatic N) is 2. The molecule has 2 rings (SSSR count). The Bertz CT molecular complexity index is 593. The van der Waals surface area contributed by atoms with Crippen molar-refractivity contribution in [2.45, 2.75) is 33.2 Å². The highest BCUT2D eigenvalue weighted by Gasteiger charge is 2.24. The minimum atomic E-state index is -0.866. The van der Waals surface area contributed by atoms with Gasteiger partial charge in [0, 0.05) is 6.20 Å². The Kier molecular flexibility index (Phi) is 3.69. The normalized spacial score (nSPS) is 14.3. The molecular formula is C13H18N4O2. The molecule has 2 aromatic heterocycles. The Labute approximate surface area is 111 Å². The third-order valence-corrected chi connectivity index (χ3v) is 3.30. The topological polar surface area (TPSA) is 90.9 Å². The number of hydrogen-bond acceptors (Lipinski definition) is 4. The van der Waals surface area contributed by atoms with Crippen LogP contribution in [0, 0.1) is 12.8 Å². The summed E-state index contributed by atoms with van der Waals surface area (Å²) in [4.78, 5) is 22.9. The fourth-order valence-electron chi connectivity index (χ4n) is 1.99. The first-order chi connectivity index (χ1) is 9.02. The molecule has 0 aliphatic carbocycles. The van der Waals surface area contributed by atoms with Crippen LogP contribution in [0.25, 0.3) is 11.0 Å². The largest absolute Gasteiger partial charge is 0.480 e. The van der Waals surface area contributed by atoms with E-state index in [0.717, 1.165) is 11.8 Å². The summed E-state index contributed by atoms with van der Waals surface area (Å²) in [5, 5.41) is 13.1. The van der Waals surface area contributed by atoms with Gasteiger partial charge in [-0.25, -0.2) is 14.8 Å². The standard InChI is InChI=1S/C13H18N4O2/c1-4-7(2)10(13(18)19)17-12-9-5-6-14-11(9)15-8(3)16-12/h5-7,10H,4H2,1-3H3,(H,18,19)(H2,14,15,16,17)/t7-,10-/m0/s1. The highest BCUT2D eigenvalue weighted by atomic mass is 16.4. The number of H-pyrrole nitrogens is 1. The number of anilines is 1. The maximum absolute atomic E-state index is 11.3. The molecule has 2 atom stereocenters. The summed E-state index contributed by atoms with van der Waals surface area (Å²) < 4.78 is 0. The van der Waals surface area contributed by atoms with Gasteiger partial charge < -0.3 is 15.4 Å². The van der Waals surface area contributed by atoms with Gasteiger partial charge in [0.1, 0.15) is 23.3 Å². The summed E-state index contributed by atoms with van der Waals surface area (Å²) in [7, 11) is 0. The highest BCUT2D eigenvalue weighted by molar-refractivity contribution is 5.89. The SMILES string of the molecule is CC[C@H](C)[C@H](Nc1nc(C)nc2[nH]ccc12)C(=O)O. The predicted molar refractivity (Wildman–Crippen MR) is 73.1 cm³/mol. The van der Waals surface area contributed by atoms with Crippen LogP contribution in [-0.4, -0.2) is 32.1 Å². The third-order valence-electron chi connectivity index (χ3n) is 3.30. The zero-order chi connectivity index (χ0) is 14.0. The maximum atomic E-state index is 11.3. The van der Waals surface area contributed by atoms with Crippen LogP contribution in [-0.2, 0) is 4.79 Å². The summed E-state index contributed by atoms with van der Waals surface area (Å²) in [5.41, 5.74) is 0.711. The molecule has 0 aromatic carbocycles. The van der Waals surface area contributed by atoms with Crippen LogP contribution < -0.4 is 5.32 Å². The van der Waals surface area contributed by atoms with E-state index in [0.29, 0.717) is 17.3 Å². The van der Waals surface area contributed by atoms with E-state index in [-0.39, 0.29) is 5.92 Å². The van der Waals surface area contributed by atoms with Crippen LogP contribution in [0.2, 0.25) is 0 Å². The number of nitrogens with one attached hydrogen (secondary N) is 2. The van der Waals surface area contributed by atoms with Gasteiger partial charge in [-0.1, -0.05) is 20.3 Å². The lowest BCUT2D eigenvalue weighted by molar-refractivity contribution is -0.139. The monoisotopic (exact) mass is 262 g/mol. The first-order valence-electron chi connectivity index (χ1n) is 6.34. The van der Waals surface area contributed by atoms with Gasteiger partial charge in [-0.2, -0.15) is 0 Å². The smallest absolute Gasteiger partial charge is 0.326 e. The zero-order valence-corrected chi connectivity index (χ0v) is 11.3. The molecule has 6 heteroatoms. The van der Waals surface area contributed by atoms with E-state index in [9.17, 15) is 9.90 Å². The van der Waals surface area contributed by atoms with Gasteiger partial charge in [0.15, 0.2) is 0 Å². The second kappa shape index (κ2) is 5.26. The number of aromatic amines is 1. The number of rotatable bonds is 5. The van der Waals surface area contributed by atoms with E-state index in [2.05, 4.69) is 20.3 Å². The van der Waals surface area contributed by atoms with E-state index in [1.54, 1.807) is 13.1 Å². The van der Waals surface area contributed by atoms with Gasteiger partial charge in [0.25, 0.3) is 0 Å². The molecule has 0 spiro atoms. The Hall–Kier alpha value is -2.11. The molecule has 0 saturated heterocycles. The van der Waals surface area contributed by atoms with E-state index >= 15 is 0 Å². The van der Waals surface area contributed by atoms with Crippen molar-refractivity contribution >= 4 is 22.8 Å². The molecule has 3 N–H and O–H groups in total. The van der Waals surface area contributed by atoms with Crippen LogP contribution in [0.1, 0.15) is 26.1 Å². The van der Waals surface area contributed by atoms with E-state index in [4.69, 9.17) is 0 Å². The second-order valence-electron chi connectivity index (χ2n) is 4.71. The molecule has 0 saturated carbocycles. The van der Waals surface area contributed by atoms with E-state index < -0.39 is 12.0 Å². The number of fused-ring (bicyclic) bond motifs is 1. The summed E-state index contributed by atoms with van der Waals surface area (Å²) >= 11 is 0. The number of aliphatic carboxylic acids is 1. The summed E-state index contributed by atoms with van der Waals surface area (Å²) in [6.45, 7) is 5.66. The molecule has 0 radical (unpaired) electrons. The van der Waals surface area contributed by atoms with Gasteiger partial charge in [-0.15, -0.1) is 0 Å². The van der Waals surface area contributed by atoms with Gasteiger partial charge in [-0.05, 0) is 18.9 Å². The minimum absolute atomic E-state index is 0.0155. The second-order valence-corrected chi connectivity index (χ2v) is 4.71. The van der Waals surface area contributed by atoms with Crippen molar-refractivity contribution in [3.63, 3.8) is 0 Å². The van der Waals surface area contributed by atoms with Gasteiger partial charge in [-0.3, -0.25) is 0 Å². The molecule has 0 bridgehead atoms. The molecule has 0 fully saturated rings. The molecule has 0 aliphatic heterocycles. The molecule has 0 amide bonds. The first-order valence-corrected chi connectivity index (χ1v) is 6.34. The molecule has 2 heterocycles. The Balaban J connectivity index is 2.38. The summed E-state index contributed by atoms with van der Waals surface area (Å²) in [5.74, 6) is 0.318. The predicted octanol–water partition coefficient (Wildman–Crippen LogP) is 2.18. The molecular weight excluding hydrogens is 244 g/mol. The van der Waals surface area contributed by atoms with E-state index in [1.165, 1.54) is 0 Å². The summed E-state index contributed by atoms with van der Waals surface area (Å²) in [6, 6.07) is 1.18. The molecule has 102 valence electrons. The number of carboxylic acids is 1. The number of hydrogen-bond donors (Lipinski definition) is 3. The van der Waals surface area contributed by atoms with Crippen LogP contribution in [0.3, 0.4) is 0 Å². The fourth-order valence-corrected chi connectivity index (χ4v) is 1.99. The lowest BCUT2D eigenvalue weighted by Gasteiger charge is -2.21. The lowest BCUT2D eigenvalue weighted by Crippen LogP contribution is -2.35. The van der Waals surface area contributed by atoms with Crippen molar-refractivity contribution in [3.8, 4) is 0 Å². The van der Waals surface area contributed by atoms with Crippen LogP contribution in [0.5, 0.6) is 0 Å². The number of aryl methyl sites for hydroxylation is 1. The van der Waals surface area contributed by atoms with Crippen molar-refractivity contribution < 1.29 is 9.90 Å². The molecule has 6 nitrogen and oxygen atoms in total. The first kappa shape index (κ1) is 13.3. The van der Waals surface area contributed by atoms with Crippen molar-refractivity contribution in [2.75, 3.05) is 5.32 Å². The average molecular weight is 262 g/mol.